The number of methoxy groups -OCH3 is 1. The maximum Gasteiger partial charge on any atom is 0.217 e. The quantitative estimate of drug-likeness (QED) is 0.716. The van der Waals surface area contributed by atoms with Crippen molar-refractivity contribution >= 4 is 0 Å². The first-order valence-electron chi connectivity index (χ1n) is 5.44. The highest BCUT2D eigenvalue weighted by atomic mass is 16.5. The third-order valence-electron chi connectivity index (χ3n) is 2.27. The molecule has 0 amide bonds. The highest BCUT2D eigenvalue weighted by molar-refractivity contribution is 5.24. The second-order valence-corrected chi connectivity index (χ2v) is 4.41. The molecule has 0 radical (unpaired) electrons. The number of nitrogens with one attached hydrogen (secondary N) is 1. The third-order valence-corrected chi connectivity index (χ3v) is 2.27. The van der Waals surface area contributed by atoms with E-state index in [1.165, 1.54) is 0 Å². The molecule has 1 rings (SSSR count). The molecule has 1 heterocycles. The van der Waals surface area contributed by atoms with Crippen LogP contribution in [0.5, 0.6) is 5.88 Å². The summed E-state index contributed by atoms with van der Waals surface area (Å²) in [6.07, 6.45) is 2.43. The van der Waals surface area contributed by atoms with Gasteiger partial charge in [-0.15, -0.1) is 0 Å². The topological polar surface area (TPSA) is 54.4 Å². The lowest BCUT2D eigenvalue weighted by molar-refractivity contribution is 0.0711. The van der Waals surface area contributed by atoms with Crippen molar-refractivity contribution in [1.82, 2.24) is 10.3 Å². The van der Waals surface area contributed by atoms with Crippen LogP contribution in [0.15, 0.2) is 18.3 Å². The molecule has 0 fully saturated rings. The van der Waals surface area contributed by atoms with E-state index in [0.29, 0.717) is 12.4 Å². The Bertz CT molecular complexity index is 321. The van der Waals surface area contributed by atoms with E-state index in [2.05, 4.69) is 10.3 Å². The van der Waals surface area contributed by atoms with Crippen molar-refractivity contribution in [2.75, 3.05) is 13.7 Å². The molecular formula is C12H20N2O2. The minimum absolute atomic E-state index is 0.619. The molecule has 16 heavy (non-hydrogen) atoms. The molecule has 0 aliphatic rings. The third kappa shape index (κ3) is 4.59. The summed E-state index contributed by atoms with van der Waals surface area (Å²) in [5.41, 5.74) is 0.409. The number of aromatic nitrogens is 1. The summed E-state index contributed by atoms with van der Waals surface area (Å²) in [5, 5.41) is 12.8. The summed E-state index contributed by atoms with van der Waals surface area (Å²) in [6.45, 7) is 5.08. The Morgan fingerprint density at radius 1 is 1.50 bits per heavy atom. The average molecular weight is 224 g/mol. The van der Waals surface area contributed by atoms with Gasteiger partial charge in [0.15, 0.2) is 0 Å². The summed E-state index contributed by atoms with van der Waals surface area (Å²) in [7, 11) is 1.61. The van der Waals surface area contributed by atoms with Gasteiger partial charge in [0, 0.05) is 18.3 Å². The van der Waals surface area contributed by atoms with Gasteiger partial charge in [-0.3, -0.25) is 0 Å². The summed E-state index contributed by atoms with van der Waals surface area (Å²) < 4.78 is 5.14. The van der Waals surface area contributed by atoms with Crippen LogP contribution in [0.3, 0.4) is 0 Å². The van der Waals surface area contributed by atoms with E-state index in [1.807, 2.05) is 12.1 Å². The molecule has 1 aromatic heterocycles. The molecule has 0 aromatic carbocycles. The molecule has 0 aliphatic carbocycles. The Hall–Kier alpha value is -1.13. The van der Waals surface area contributed by atoms with Crippen molar-refractivity contribution in [3.63, 3.8) is 0 Å². The van der Waals surface area contributed by atoms with Gasteiger partial charge in [-0.25, -0.2) is 4.98 Å². The molecule has 4 heteroatoms. The number of hydrogen-bond donors (Lipinski definition) is 2. The number of rotatable bonds is 6. The van der Waals surface area contributed by atoms with E-state index >= 15 is 0 Å². The Labute approximate surface area is 96.7 Å². The van der Waals surface area contributed by atoms with Crippen LogP contribution in [0.4, 0.5) is 0 Å². The Kier molecular flexibility index (Phi) is 4.71. The summed E-state index contributed by atoms with van der Waals surface area (Å²) in [6, 6.07) is 3.86. The van der Waals surface area contributed by atoms with Crippen molar-refractivity contribution in [3.8, 4) is 5.88 Å². The van der Waals surface area contributed by atoms with Gasteiger partial charge in [0.05, 0.1) is 12.7 Å². The lowest BCUT2D eigenvalue weighted by Crippen LogP contribution is -2.26. The van der Waals surface area contributed by atoms with E-state index in [4.69, 9.17) is 4.74 Å². The Morgan fingerprint density at radius 3 is 2.88 bits per heavy atom. The van der Waals surface area contributed by atoms with E-state index in [9.17, 15) is 5.11 Å². The molecule has 2 N–H and O–H groups in total. The van der Waals surface area contributed by atoms with Crippen LogP contribution in [-0.2, 0) is 6.54 Å². The summed E-state index contributed by atoms with van der Waals surface area (Å²) in [4.78, 5) is 4.11. The van der Waals surface area contributed by atoms with Crippen LogP contribution in [0, 0.1) is 0 Å². The lowest BCUT2D eigenvalue weighted by atomic mass is 10.1. The first-order valence-corrected chi connectivity index (χ1v) is 5.44. The Balaban J connectivity index is 2.37. The predicted octanol–water partition coefficient (Wildman–Crippen LogP) is 1.34. The van der Waals surface area contributed by atoms with Gasteiger partial charge in [0.2, 0.25) is 5.88 Å². The van der Waals surface area contributed by atoms with Crippen LogP contribution in [0.25, 0.3) is 0 Å². The maximum absolute atomic E-state index is 9.54. The second-order valence-electron chi connectivity index (χ2n) is 4.41. The SMILES string of the molecule is COc1ncccc1CNCCC(C)(C)O. The standard InChI is InChI=1S/C12H20N2O2/c1-12(2,15)6-8-13-9-10-5-4-7-14-11(10)16-3/h4-5,7,13,15H,6,8-9H2,1-3H3. The maximum atomic E-state index is 9.54. The molecule has 0 saturated carbocycles. The van der Waals surface area contributed by atoms with Gasteiger partial charge in [-0.2, -0.15) is 0 Å². The van der Waals surface area contributed by atoms with Gasteiger partial charge in [0.25, 0.3) is 0 Å². The largest absolute Gasteiger partial charge is 0.481 e. The second kappa shape index (κ2) is 5.82. The molecule has 4 nitrogen and oxygen atoms in total. The molecule has 0 atom stereocenters. The number of nitrogens with zero attached hydrogens (tertiary/aromatic N) is 1. The highest BCUT2D eigenvalue weighted by Crippen LogP contribution is 2.13. The fraction of sp³-hybridized carbons (Fsp3) is 0.583. The predicted molar refractivity (Wildman–Crippen MR) is 63.4 cm³/mol. The van der Waals surface area contributed by atoms with Crippen molar-refractivity contribution in [1.29, 1.82) is 0 Å². The van der Waals surface area contributed by atoms with Gasteiger partial charge in [-0.05, 0) is 32.9 Å². The van der Waals surface area contributed by atoms with Gasteiger partial charge >= 0.3 is 0 Å². The number of aliphatic hydroxyl groups is 1. The molecule has 0 unspecified atom stereocenters. The van der Waals surface area contributed by atoms with Crippen LogP contribution in [-0.4, -0.2) is 29.3 Å². The zero-order valence-electron chi connectivity index (χ0n) is 10.2. The highest BCUT2D eigenvalue weighted by Gasteiger charge is 2.11. The number of ether oxygens (including phenoxy) is 1. The minimum atomic E-state index is -0.619. The molecule has 1 aromatic rings. The van der Waals surface area contributed by atoms with E-state index in [1.54, 1.807) is 27.2 Å². The summed E-state index contributed by atoms with van der Waals surface area (Å²) in [5.74, 6) is 0.651. The van der Waals surface area contributed by atoms with Crippen LogP contribution < -0.4 is 10.1 Å². The monoisotopic (exact) mass is 224 g/mol. The fourth-order valence-corrected chi connectivity index (χ4v) is 1.36. The van der Waals surface area contributed by atoms with Crippen LogP contribution >= 0.6 is 0 Å². The van der Waals surface area contributed by atoms with Crippen molar-refractivity contribution in [2.24, 2.45) is 0 Å². The van der Waals surface area contributed by atoms with Gasteiger partial charge in [0.1, 0.15) is 0 Å². The van der Waals surface area contributed by atoms with E-state index in [-0.39, 0.29) is 0 Å². The van der Waals surface area contributed by atoms with Crippen molar-refractivity contribution in [2.45, 2.75) is 32.4 Å². The average Bonchev–Trinajstić information content (AvgIpc) is 2.23. The fourth-order valence-electron chi connectivity index (χ4n) is 1.36. The first-order chi connectivity index (χ1) is 7.53. The molecule has 0 aliphatic heterocycles. The molecule has 0 bridgehead atoms. The molecule has 0 saturated heterocycles. The van der Waals surface area contributed by atoms with Gasteiger partial charge < -0.3 is 15.2 Å². The van der Waals surface area contributed by atoms with Crippen molar-refractivity contribution in [3.05, 3.63) is 23.9 Å². The number of pyridine rings is 1. The zero-order chi connectivity index (χ0) is 12.0. The molecule has 90 valence electrons. The molecule has 0 spiro atoms. The van der Waals surface area contributed by atoms with Gasteiger partial charge in [-0.1, -0.05) is 6.07 Å². The first kappa shape index (κ1) is 12.9. The smallest absolute Gasteiger partial charge is 0.217 e. The van der Waals surface area contributed by atoms with Crippen LogP contribution in [0.2, 0.25) is 0 Å². The zero-order valence-corrected chi connectivity index (χ0v) is 10.2. The Morgan fingerprint density at radius 2 is 2.25 bits per heavy atom. The molecular weight excluding hydrogens is 204 g/mol. The minimum Gasteiger partial charge on any atom is -0.481 e. The normalized spacial score (nSPS) is 11.5. The summed E-state index contributed by atoms with van der Waals surface area (Å²) >= 11 is 0. The number of hydrogen-bond acceptors (Lipinski definition) is 4. The van der Waals surface area contributed by atoms with Crippen molar-refractivity contribution < 1.29 is 9.84 Å². The van der Waals surface area contributed by atoms with E-state index in [0.717, 1.165) is 18.5 Å². The lowest BCUT2D eigenvalue weighted by Gasteiger charge is -2.17. The van der Waals surface area contributed by atoms with E-state index < -0.39 is 5.60 Å². The van der Waals surface area contributed by atoms with Crippen LogP contribution in [0.1, 0.15) is 25.8 Å².